The van der Waals surface area contributed by atoms with Crippen LogP contribution in [0.15, 0.2) is 66.7 Å². The van der Waals surface area contributed by atoms with E-state index in [0.717, 1.165) is 42.5 Å². The molecular formula is C25H28FN3O2. The van der Waals surface area contributed by atoms with Gasteiger partial charge < -0.3 is 15.0 Å². The third-order valence-electron chi connectivity index (χ3n) is 5.82. The highest BCUT2D eigenvalue weighted by Gasteiger charge is 2.24. The second-order valence-corrected chi connectivity index (χ2v) is 8.01. The van der Waals surface area contributed by atoms with E-state index in [1.54, 1.807) is 12.1 Å². The molecule has 6 heteroatoms. The molecule has 162 valence electrons. The van der Waals surface area contributed by atoms with Gasteiger partial charge in [0.05, 0.1) is 6.04 Å². The van der Waals surface area contributed by atoms with Gasteiger partial charge >= 0.3 is 0 Å². The molecule has 31 heavy (non-hydrogen) atoms. The van der Waals surface area contributed by atoms with Crippen LogP contribution in [0.5, 0.6) is 5.75 Å². The van der Waals surface area contributed by atoms with E-state index in [2.05, 4.69) is 22.2 Å². The van der Waals surface area contributed by atoms with Crippen LogP contribution in [0.25, 0.3) is 10.8 Å². The Labute approximate surface area is 182 Å². The summed E-state index contributed by atoms with van der Waals surface area (Å²) in [5.41, 5.74) is 1.00. The first-order chi connectivity index (χ1) is 15.1. The number of hydrogen-bond acceptors (Lipinski definition) is 4. The van der Waals surface area contributed by atoms with E-state index < -0.39 is 0 Å². The minimum atomic E-state index is -0.256. The zero-order chi connectivity index (χ0) is 21.6. The number of fused-ring (bicyclic) bond motifs is 1. The highest BCUT2D eigenvalue weighted by atomic mass is 19.1. The fourth-order valence-electron chi connectivity index (χ4n) is 3.94. The smallest absolute Gasteiger partial charge is 0.258 e. The van der Waals surface area contributed by atoms with Crippen LogP contribution in [0.1, 0.15) is 11.6 Å². The van der Waals surface area contributed by atoms with Crippen LogP contribution in [0.2, 0.25) is 0 Å². The largest absolute Gasteiger partial charge is 0.484 e. The molecule has 1 amide bonds. The number of hydrogen-bond donors (Lipinski definition) is 1. The Balaban J connectivity index is 1.36. The van der Waals surface area contributed by atoms with Gasteiger partial charge in [0.2, 0.25) is 0 Å². The second-order valence-electron chi connectivity index (χ2n) is 8.01. The van der Waals surface area contributed by atoms with Crippen LogP contribution in [0.4, 0.5) is 4.39 Å². The lowest BCUT2D eigenvalue weighted by Gasteiger charge is -2.38. The van der Waals surface area contributed by atoms with Gasteiger partial charge in [-0.25, -0.2) is 4.39 Å². The first-order valence-corrected chi connectivity index (χ1v) is 10.6. The minimum Gasteiger partial charge on any atom is -0.484 e. The van der Waals surface area contributed by atoms with Crippen LogP contribution in [-0.2, 0) is 4.79 Å². The number of likely N-dealkylation sites (N-methyl/N-ethyl adjacent to an activating group) is 1. The molecule has 4 rings (SSSR count). The maximum absolute atomic E-state index is 13.4. The number of nitrogens with one attached hydrogen (secondary N) is 1. The van der Waals surface area contributed by atoms with E-state index in [1.807, 2.05) is 42.5 Å². The molecule has 0 bridgehead atoms. The summed E-state index contributed by atoms with van der Waals surface area (Å²) in [6, 6.07) is 20.4. The lowest BCUT2D eigenvalue weighted by atomic mass is 10.0. The predicted octanol–water partition coefficient (Wildman–Crippen LogP) is 3.46. The predicted molar refractivity (Wildman–Crippen MR) is 121 cm³/mol. The van der Waals surface area contributed by atoms with Gasteiger partial charge in [0.25, 0.3) is 5.91 Å². The average molecular weight is 422 g/mol. The van der Waals surface area contributed by atoms with Gasteiger partial charge in [-0.3, -0.25) is 9.69 Å². The van der Waals surface area contributed by atoms with Gasteiger partial charge in [0, 0.05) is 32.7 Å². The molecule has 0 aliphatic carbocycles. The van der Waals surface area contributed by atoms with Crippen molar-refractivity contribution in [3.05, 3.63) is 78.1 Å². The SMILES string of the molecule is CN1CCN([C@H](CNC(=O)COc2ccc3ccccc3c2)c2ccc(F)cc2)CC1. The fourth-order valence-corrected chi connectivity index (χ4v) is 3.94. The summed E-state index contributed by atoms with van der Waals surface area (Å²) in [5.74, 6) is 0.242. The van der Waals surface area contributed by atoms with E-state index in [-0.39, 0.29) is 24.4 Å². The molecule has 0 radical (unpaired) electrons. The zero-order valence-corrected chi connectivity index (χ0v) is 17.8. The Bertz CT molecular complexity index is 1020. The highest BCUT2D eigenvalue weighted by Crippen LogP contribution is 2.23. The minimum absolute atomic E-state index is 0.00100. The average Bonchev–Trinajstić information content (AvgIpc) is 2.80. The summed E-state index contributed by atoms with van der Waals surface area (Å²) in [6.07, 6.45) is 0. The molecule has 1 aliphatic rings. The van der Waals surface area contributed by atoms with Crippen molar-refractivity contribution in [3.8, 4) is 5.75 Å². The van der Waals surface area contributed by atoms with Gasteiger partial charge in [-0.15, -0.1) is 0 Å². The molecule has 3 aromatic rings. The summed E-state index contributed by atoms with van der Waals surface area (Å²) in [7, 11) is 2.11. The molecule has 1 atom stereocenters. The van der Waals surface area contributed by atoms with Crippen molar-refractivity contribution in [1.82, 2.24) is 15.1 Å². The van der Waals surface area contributed by atoms with E-state index in [4.69, 9.17) is 4.74 Å². The van der Waals surface area contributed by atoms with Crippen molar-refractivity contribution in [1.29, 1.82) is 0 Å². The van der Waals surface area contributed by atoms with E-state index in [1.165, 1.54) is 12.1 Å². The Kier molecular flexibility index (Phi) is 6.79. The van der Waals surface area contributed by atoms with Crippen molar-refractivity contribution in [2.75, 3.05) is 46.4 Å². The van der Waals surface area contributed by atoms with Gasteiger partial charge in [-0.2, -0.15) is 0 Å². The molecule has 0 saturated carbocycles. The van der Waals surface area contributed by atoms with Crippen LogP contribution >= 0.6 is 0 Å². The Morgan fingerprint density at radius 1 is 1.00 bits per heavy atom. The zero-order valence-electron chi connectivity index (χ0n) is 17.8. The summed E-state index contributed by atoms with van der Waals surface area (Å²) in [5, 5.41) is 5.21. The van der Waals surface area contributed by atoms with E-state index in [9.17, 15) is 9.18 Å². The van der Waals surface area contributed by atoms with Gasteiger partial charge in [0.15, 0.2) is 6.61 Å². The topological polar surface area (TPSA) is 44.8 Å². The van der Waals surface area contributed by atoms with Gasteiger partial charge in [0.1, 0.15) is 11.6 Å². The molecule has 1 saturated heterocycles. The first-order valence-electron chi connectivity index (χ1n) is 10.6. The number of halogens is 1. The van der Waals surface area contributed by atoms with Crippen molar-refractivity contribution >= 4 is 16.7 Å². The molecule has 0 aromatic heterocycles. The van der Waals surface area contributed by atoms with E-state index >= 15 is 0 Å². The lowest BCUT2D eigenvalue weighted by molar-refractivity contribution is -0.123. The molecule has 3 aromatic carbocycles. The number of amides is 1. The Hall–Kier alpha value is -2.96. The third-order valence-corrected chi connectivity index (χ3v) is 5.82. The fraction of sp³-hybridized carbons (Fsp3) is 0.320. The molecule has 0 spiro atoms. The number of benzene rings is 3. The summed E-state index contributed by atoms with van der Waals surface area (Å²) in [4.78, 5) is 17.1. The molecule has 1 N–H and O–H groups in total. The molecular weight excluding hydrogens is 393 g/mol. The second kappa shape index (κ2) is 9.90. The van der Waals surface area contributed by atoms with Crippen molar-refractivity contribution < 1.29 is 13.9 Å². The summed E-state index contributed by atoms with van der Waals surface area (Å²) >= 11 is 0. The van der Waals surface area contributed by atoms with Crippen LogP contribution in [-0.4, -0.2) is 62.1 Å². The number of nitrogens with zero attached hydrogens (tertiary/aromatic N) is 2. The summed E-state index contributed by atoms with van der Waals surface area (Å²) in [6.45, 7) is 4.16. The Morgan fingerprint density at radius 2 is 1.71 bits per heavy atom. The third kappa shape index (κ3) is 5.60. The normalized spacial score (nSPS) is 16.2. The number of rotatable bonds is 7. The van der Waals surface area contributed by atoms with E-state index in [0.29, 0.717) is 12.3 Å². The quantitative estimate of drug-likeness (QED) is 0.635. The molecule has 1 heterocycles. The van der Waals surface area contributed by atoms with Crippen molar-refractivity contribution in [3.63, 3.8) is 0 Å². The van der Waals surface area contributed by atoms with Crippen LogP contribution in [0, 0.1) is 5.82 Å². The highest BCUT2D eigenvalue weighted by molar-refractivity contribution is 5.84. The van der Waals surface area contributed by atoms with Gasteiger partial charge in [-0.1, -0.05) is 42.5 Å². The molecule has 0 unspecified atom stereocenters. The standard InChI is InChI=1S/C25H28FN3O2/c1-28-12-14-29(15-13-28)24(20-6-9-22(26)10-7-20)17-27-25(30)18-31-23-11-8-19-4-2-3-5-21(19)16-23/h2-11,16,24H,12-15,17-18H2,1H3,(H,27,30)/t24-/m1/s1. The molecule has 1 fully saturated rings. The number of carbonyl (C=O) groups is 1. The summed E-state index contributed by atoms with van der Waals surface area (Å²) < 4.78 is 19.1. The van der Waals surface area contributed by atoms with Gasteiger partial charge in [-0.05, 0) is 47.6 Å². The molecule has 5 nitrogen and oxygen atoms in total. The monoisotopic (exact) mass is 421 g/mol. The number of carbonyl (C=O) groups excluding carboxylic acids is 1. The number of piperazine rings is 1. The first kappa shape index (κ1) is 21.3. The van der Waals surface area contributed by atoms with Crippen molar-refractivity contribution in [2.24, 2.45) is 0 Å². The maximum atomic E-state index is 13.4. The van der Waals surface area contributed by atoms with Crippen LogP contribution in [0.3, 0.4) is 0 Å². The Morgan fingerprint density at radius 3 is 2.45 bits per heavy atom. The maximum Gasteiger partial charge on any atom is 0.258 e. The van der Waals surface area contributed by atoms with Crippen molar-refractivity contribution in [2.45, 2.75) is 6.04 Å². The van der Waals surface area contributed by atoms with Crippen LogP contribution < -0.4 is 10.1 Å². The number of ether oxygens (including phenoxy) is 1. The lowest BCUT2D eigenvalue weighted by Crippen LogP contribution is -2.48. The molecule has 1 aliphatic heterocycles.